The van der Waals surface area contributed by atoms with Gasteiger partial charge < -0.3 is 10.6 Å². The van der Waals surface area contributed by atoms with Crippen molar-refractivity contribution in [3.8, 4) is 11.3 Å². The van der Waals surface area contributed by atoms with Crippen LogP contribution in [0.3, 0.4) is 0 Å². The van der Waals surface area contributed by atoms with Gasteiger partial charge in [0.25, 0.3) is 0 Å². The third-order valence-electron chi connectivity index (χ3n) is 3.30. The SMILES string of the molecule is CCNC(C)CC(=O)NCc1ccc(-c2ccn[nH]2)cc1. The maximum absolute atomic E-state index is 11.8. The van der Waals surface area contributed by atoms with E-state index in [9.17, 15) is 4.79 Å². The molecule has 21 heavy (non-hydrogen) atoms. The monoisotopic (exact) mass is 286 g/mol. The van der Waals surface area contributed by atoms with Crippen LogP contribution in [0.25, 0.3) is 11.3 Å². The smallest absolute Gasteiger partial charge is 0.221 e. The first-order chi connectivity index (χ1) is 10.2. The van der Waals surface area contributed by atoms with Gasteiger partial charge in [0.2, 0.25) is 5.91 Å². The van der Waals surface area contributed by atoms with E-state index in [1.807, 2.05) is 44.2 Å². The molecule has 1 atom stereocenters. The molecule has 0 aliphatic rings. The molecule has 1 amide bonds. The number of nitrogens with zero attached hydrogens (tertiary/aromatic N) is 1. The lowest BCUT2D eigenvalue weighted by atomic mass is 10.1. The van der Waals surface area contributed by atoms with Gasteiger partial charge in [-0.1, -0.05) is 31.2 Å². The second kappa shape index (κ2) is 7.59. The zero-order valence-electron chi connectivity index (χ0n) is 12.5. The van der Waals surface area contributed by atoms with Gasteiger partial charge in [0.1, 0.15) is 0 Å². The van der Waals surface area contributed by atoms with Gasteiger partial charge in [0, 0.05) is 25.2 Å². The molecule has 2 aromatic rings. The number of aromatic amines is 1. The number of nitrogens with one attached hydrogen (secondary N) is 3. The molecule has 0 bridgehead atoms. The highest BCUT2D eigenvalue weighted by molar-refractivity contribution is 5.76. The van der Waals surface area contributed by atoms with E-state index in [0.717, 1.165) is 23.4 Å². The second-order valence-electron chi connectivity index (χ2n) is 5.11. The van der Waals surface area contributed by atoms with Crippen molar-refractivity contribution in [2.75, 3.05) is 6.54 Å². The highest BCUT2D eigenvalue weighted by Gasteiger charge is 2.07. The first kappa shape index (κ1) is 15.3. The van der Waals surface area contributed by atoms with Crippen LogP contribution in [0.1, 0.15) is 25.8 Å². The fourth-order valence-electron chi connectivity index (χ4n) is 2.19. The highest BCUT2D eigenvalue weighted by atomic mass is 16.1. The average molecular weight is 286 g/mol. The number of rotatable bonds is 7. The first-order valence-electron chi connectivity index (χ1n) is 7.27. The van der Waals surface area contributed by atoms with Crippen molar-refractivity contribution in [1.29, 1.82) is 0 Å². The molecule has 0 spiro atoms. The summed E-state index contributed by atoms with van der Waals surface area (Å²) in [5, 5.41) is 13.0. The lowest BCUT2D eigenvalue weighted by Gasteiger charge is -2.12. The van der Waals surface area contributed by atoms with Crippen LogP contribution in [0.15, 0.2) is 36.5 Å². The van der Waals surface area contributed by atoms with Crippen LogP contribution in [0, 0.1) is 0 Å². The summed E-state index contributed by atoms with van der Waals surface area (Å²) in [6.45, 7) is 5.49. The molecule has 1 aromatic carbocycles. The predicted molar refractivity (Wildman–Crippen MR) is 83.6 cm³/mol. The number of carbonyl (C=O) groups excluding carboxylic acids is 1. The fraction of sp³-hybridized carbons (Fsp3) is 0.375. The van der Waals surface area contributed by atoms with Crippen molar-refractivity contribution < 1.29 is 4.79 Å². The molecule has 3 N–H and O–H groups in total. The molecule has 1 heterocycles. The highest BCUT2D eigenvalue weighted by Crippen LogP contribution is 2.16. The lowest BCUT2D eigenvalue weighted by Crippen LogP contribution is -2.33. The quantitative estimate of drug-likeness (QED) is 0.730. The van der Waals surface area contributed by atoms with E-state index in [-0.39, 0.29) is 11.9 Å². The number of hydrogen-bond donors (Lipinski definition) is 3. The van der Waals surface area contributed by atoms with Crippen LogP contribution < -0.4 is 10.6 Å². The largest absolute Gasteiger partial charge is 0.352 e. The van der Waals surface area contributed by atoms with Gasteiger partial charge in [0.15, 0.2) is 0 Å². The Morgan fingerprint density at radius 2 is 2.05 bits per heavy atom. The number of carbonyl (C=O) groups is 1. The Kier molecular flexibility index (Phi) is 5.51. The van der Waals surface area contributed by atoms with E-state index in [0.29, 0.717) is 13.0 Å². The number of H-pyrrole nitrogens is 1. The van der Waals surface area contributed by atoms with Crippen molar-refractivity contribution in [2.45, 2.75) is 32.9 Å². The van der Waals surface area contributed by atoms with Crippen molar-refractivity contribution in [1.82, 2.24) is 20.8 Å². The summed E-state index contributed by atoms with van der Waals surface area (Å²) in [6, 6.07) is 10.2. The Labute approximate surface area is 125 Å². The molecule has 1 unspecified atom stereocenters. The summed E-state index contributed by atoms with van der Waals surface area (Å²) in [5.41, 5.74) is 3.16. The van der Waals surface area contributed by atoms with Gasteiger partial charge in [-0.25, -0.2) is 0 Å². The molecule has 5 nitrogen and oxygen atoms in total. The molecule has 5 heteroatoms. The van der Waals surface area contributed by atoms with Crippen molar-refractivity contribution in [3.05, 3.63) is 42.1 Å². The summed E-state index contributed by atoms with van der Waals surface area (Å²) in [6.07, 6.45) is 2.23. The molecule has 0 saturated heterocycles. The summed E-state index contributed by atoms with van der Waals surface area (Å²) in [4.78, 5) is 11.8. The Hall–Kier alpha value is -2.14. The normalized spacial score (nSPS) is 12.1. The summed E-state index contributed by atoms with van der Waals surface area (Å²) < 4.78 is 0. The van der Waals surface area contributed by atoms with E-state index in [4.69, 9.17) is 0 Å². The number of hydrogen-bond acceptors (Lipinski definition) is 3. The lowest BCUT2D eigenvalue weighted by molar-refractivity contribution is -0.121. The van der Waals surface area contributed by atoms with E-state index in [2.05, 4.69) is 20.8 Å². The van der Waals surface area contributed by atoms with Crippen LogP contribution in [0.5, 0.6) is 0 Å². The standard InChI is InChI=1S/C16H22N4O/c1-3-17-12(2)10-16(21)18-11-13-4-6-14(7-5-13)15-8-9-19-20-15/h4-9,12,17H,3,10-11H2,1-2H3,(H,18,21)(H,19,20). The average Bonchev–Trinajstić information content (AvgIpc) is 3.00. The molecule has 0 aliphatic heterocycles. The van der Waals surface area contributed by atoms with Crippen LogP contribution in [0.4, 0.5) is 0 Å². The number of benzene rings is 1. The van der Waals surface area contributed by atoms with Crippen LogP contribution >= 0.6 is 0 Å². The van der Waals surface area contributed by atoms with E-state index < -0.39 is 0 Å². The first-order valence-corrected chi connectivity index (χ1v) is 7.27. The van der Waals surface area contributed by atoms with E-state index in [1.54, 1.807) is 6.20 Å². The van der Waals surface area contributed by atoms with E-state index >= 15 is 0 Å². The maximum atomic E-state index is 11.8. The third kappa shape index (κ3) is 4.72. The molecule has 0 saturated carbocycles. The Balaban J connectivity index is 1.82. The third-order valence-corrected chi connectivity index (χ3v) is 3.30. The molecular formula is C16H22N4O. The zero-order valence-corrected chi connectivity index (χ0v) is 12.5. The Morgan fingerprint density at radius 3 is 2.67 bits per heavy atom. The van der Waals surface area contributed by atoms with Gasteiger partial charge in [-0.15, -0.1) is 0 Å². The van der Waals surface area contributed by atoms with Crippen molar-refractivity contribution in [2.24, 2.45) is 0 Å². The molecule has 2 rings (SSSR count). The maximum Gasteiger partial charge on any atom is 0.221 e. The molecule has 0 radical (unpaired) electrons. The van der Waals surface area contributed by atoms with Crippen molar-refractivity contribution in [3.63, 3.8) is 0 Å². The van der Waals surface area contributed by atoms with Gasteiger partial charge in [-0.2, -0.15) is 5.10 Å². The summed E-state index contributed by atoms with van der Waals surface area (Å²) in [7, 11) is 0. The summed E-state index contributed by atoms with van der Waals surface area (Å²) in [5.74, 6) is 0.0705. The zero-order chi connectivity index (χ0) is 15.1. The van der Waals surface area contributed by atoms with Crippen molar-refractivity contribution >= 4 is 5.91 Å². The Bertz CT molecular complexity index is 548. The van der Waals surface area contributed by atoms with Gasteiger partial charge in [0.05, 0.1) is 5.69 Å². The molecular weight excluding hydrogens is 264 g/mol. The van der Waals surface area contributed by atoms with Crippen LogP contribution in [-0.4, -0.2) is 28.7 Å². The number of amides is 1. The number of aromatic nitrogens is 2. The molecule has 0 aliphatic carbocycles. The van der Waals surface area contributed by atoms with Gasteiger partial charge in [-0.05, 0) is 30.7 Å². The predicted octanol–water partition coefficient (Wildman–Crippen LogP) is 2.08. The minimum absolute atomic E-state index is 0.0705. The minimum Gasteiger partial charge on any atom is -0.352 e. The van der Waals surface area contributed by atoms with Crippen LogP contribution in [-0.2, 0) is 11.3 Å². The van der Waals surface area contributed by atoms with Gasteiger partial charge >= 0.3 is 0 Å². The Morgan fingerprint density at radius 1 is 1.29 bits per heavy atom. The van der Waals surface area contributed by atoms with Crippen LogP contribution in [0.2, 0.25) is 0 Å². The topological polar surface area (TPSA) is 69.8 Å². The molecule has 1 aromatic heterocycles. The summed E-state index contributed by atoms with van der Waals surface area (Å²) >= 11 is 0. The fourth-order valence-corrected chi connectivity index (χ4v) is 2.19. The minimum atomic E-state index is 0.0705. The van der Waals surface area contributed by atoms with Gasteiger partial charge in [-0.3, -0.25) is 9.89 Å². The second-order valence-corrected chi connectivity index (χ2v) is 5.11. The van der Waals surface area contributed by atoms with E-state index in [1.165, 1.54) is 0 Å². The molecule has 112 valence electrons. The molecule has 0 fully saturated rings.